The van der Waals surface area contributed by atoms with E-state index in [0.29, 0.717) is 26.7 Å². The van der Waals surface area contributed by atoms with Crippen molar-refractivity contribution in [1.82, 2.24) is 5.01 Å². The van der Waals surface area contributed by atoms with E-state index in [1.54, 1.807) is 30.3 Å². The lowest BCUT2D eigenvalue weighted by molar-refractivity contribution is -0.114. The fraction of sp³-hybridized carbons (Fsp3) is 0.200. The summed E-state index contributed by atoms with van der Waals surface area (Å²) in [5, 5.41) is 16.5. The Morgan fingerprint density at radius 3 is 2.72 bits per heavy atom. The van der Waals surface area contributed by atoms with Crippen LogP contribution in [0.4, 0.5) is 0 Å². The van der Waals surface area contributed by atoms with Crippen molar-refractivity contribution in [2.45, 2.75) is 26.2 Å². The third kappa shape index (κ3) is 4.17. The van der Waals surface area contributed by atoms with Crippen LogP contribution in [0.2, 0.25) is 10.0 Å². The normalized spacial score (nSPS) is 17.6. The van der Waals surface area contributed by atoms with E-state index in [1.807, 2.05) is 0 Å². The van der Waals surface area contributed by atoms with Crippen molar-refractivity contribution in [1.29, 1.82) is 5.41 Å². The Labute approximate surface area is 181 Å². The van der Waals surface area contributed by atoms with E-state index >= 15 is 0 Å². The van der Waals surface area contributed by atoms with E-state index in [2.05, 4.69) is 17.0 Å². The zero-order valence-electron chi connectivity index (χ0n) is 15.4. The smallest absolute Gasteiger partial charge is 0.283 e. The molecule has 4 rings (SSSR count). The highest BCUT2D eigenvalue weighted by Crippen LogP contribution is 2.32. The second-order valence-corrected chi connectivity index (χ2v) is 8.39. The number of carbonyl (C=O) groups is 1. The number of hydrazone groups is 1. The summed E-state index contributed by atoms with van der Waals surface area (Å²) in [6.45, 7) is 2.10. The number of nitrogens with zero attached hydrogens (tertiary/aromatic N) is 3. The summed E-state index contributed by atoms with van der Waals surface area (Å²) in [6.07, 6.45) is 4.36. The zero-order valence-corrected chi connectivity index (χ0v) is 17.7. The number of carbonyl (C=O) groups excluding carboxylic acids is 1. The highest BCUT2D eigenvalue weighted by molar-refractivity contribution is 8.26. The second kappa shape index (κ2) is 8.18. The molecular formula is C20H16Cl2N4O2S. The number of furan rings is 1. The minimum atomic E-state index is -0.482. The van der Waals surface area contributed by atoms with Crippen molar-refractivity contribution >= 4 is 63.0 Å². The first-order valence-corrected chi connectivity index (χ1v) is 10.6. The van der Waals surface area contributed by atoms with Gasteiger partial charge < -0.3 is 4.42 Å². The molecule has 148 valence electrons. The van der Waals surface area contributed by atoms with Gasteiger partial charge in [0.25, 0.3) is 5.91 Å². The summed E-state index contributed by atoms with van der Waals surface area (Å²) in [6, 6.07) is 8.58. The van der Waals surface area contributed by atoms with Gasteiger partial charge in [-0.15, -0.1) is 0 Å². The minimum Gasteiger partial charge on any atom is -0.457 e. The van der Waals surface area contributed by atoms with Gasteiger partial charge in [-0.05, 0) is 61.0 Å². The van der Waals surface area contributed by atoms with Gasteiger partial charge in [0.1, 0.15) is 16.6 Å². The molecule has 0 fully saturated rings. The quantitative estimate of drug-likeness (QED) is 0.565. The molecule has 0 atom stereocenters. The van der Waals surface area contributed by atoms with E-state index in [9.17, 15) is 4.79 Å². The van der Waals surface area contributed by atoms with Crippen molar-refractivity contribution < 1.29 is 9.21 Å². The molecule has 1 aromatic carbocycles. The molecular weight excluding hydrogens is 431 g/mol. The van der Waals surface area contributed by atoms with Gasteiger partial charge in [-0.2, -0.15) is 15.1 Å². The maximum Gasteiger partial charge on any atom is 0.283 e. The van der Waals surface area contributed by atoms with Crippen LogP contribution in [0.15, 0.2) is 50.4 Å². The molecule has 2 aliphatic rings. The lowest BCUT2D eigenvalue weighted by Crippen LogP contribution is -2.35. The van der Waals surface area contributed by atoms with Crippen LogP contribution in [0.5, 0.6) is 0 Å². The monoisotopic (exact) mass is 446 g/mol. The SMILES string of the molecule is CCCCC1=NN2C(=N)/C(=C\c3ccc(-c4cc(Cl)cc(Cl)c4)o3)C(=O)N=C2S1. The van der Waals surface area contributed by atoms with Crippen LogP contribution in [0, 0.1) is 5.41 Å². The first-order valence-electron chi connectivity index (χ1n) is 9.00. The molecule has 6 nitrogen and oxygen atoms in total. The fourth-order valence-electron chi connectivity index (χ4n) is 2.88. The summed E-state index contributed by atoms with van der Waals surface area (Å²) in [5.41, 5.74) is 0.846. The maximum atomic E-state index is 12.5. The lowest BCUT2D eigenvalue weighted by atomic mass is 10.1. The number of thioether (sulfide) groups is 1. The molecule has 0 spiro atoms. The third-order valence-electron chi connectivity index (χ3n) is 4.30. The van der Waals surface area contributed by atoms with Gasteiger partial charge in [-0.25, -0.2) is 0 Å². The van der Waals surface area contributed by atoms with E-state index in [4.69, 9.17) is 33.0 Å². The van der Waals surface area contributed by atoms with Gasteiger partial charge in [0, 0.05) is 15.6 Å². The molecule has 3 heterocycles. The number of halogens is 2. The van der Waals surface area contributed by atoms with Crippen molar-refractivity contribution in [2.24, 2.45) is 10.1 Å². The Kier molecular flexibility index (Phi) is 5.63. The average molecular weight is 447 g/mol. The van der Waals surface area contributed by atoms with E-state index in [0.717, 1.165) is 29.9 Å². The largest absolute Gasteiger partial charge is 0.457 e. The average Bonchev–Trinajstić information content (AvgIpc) is 3.29. The number of rotatable bonds is 5. The number of benzene rings is 1. The molecule has 0 saturated carbocycles. The number of amides is 1. The van der Waals surface area contributed by atoms with Crippen molar-refractivity contribution in [2.75, 3.05) is 0 Å². The summed E-state index contributed by atoms with van der Waals surface area (Å²) in [4.78, 5) is 16.6. The minimum absolute atomic E-state index is 0.0113. The maximum absolute atomic E-state index is 12.5. The number of aliphatic imine (C=N–C) groups is 1. The van der Waals surface area contributed by atoms with Gasteiger partial charge >= 0.3 is 0 Å². The van der Waals surface area contributed by atoms with E-state index < -0.39 is 5.91 Å². The predicted octanol–water partition coefficient (Wildman–Crippen LogP) is 6.06. The van der Waals surface area contributed by atoms with Crippen LogP contribution in [0.1, 0.15) is 31.9 Å². The fourth-order valence-corrected chi connectivity index (χ4v) is 4.34. The molecule has 1 aromatic heterocycles. The highest BCUT2D eigenvalue weighted by Gasteiger charge is 2.35. The number of amidine groups is 2. The van der Waals surface area contributed by atoms with Crippen molar-refractivity contribution in [3.63, 3.8) is 0 Å². The number of fused-ring (bicyclic) bond motifs is 1. The second-order valence-electron chi connectivity index (χ2n) is 6.48. The third-order valence-corrected chi connectivity index (χ3v) is 5.71. The molecule has 2 aliphatic heterocycles. The Morgan fingerprint density at radius 2 is 2.00 bits per heavy atom. The summed E-state index contributed by atoms with van der Waals surface area (Å²) in [7, 11) is 0. The van der Waals surface area contributed by atoms with Crippen molar-refractivity contribution in [3.05, 3.63) is 51.7 Å². The van der Waals surface area contributed by atoms with Gasteiger partial charge in [0.15, 0.2) is 5.84 Å². The molecule has 1 N–H and O–H groups in total. The van der Waals surface area contributed by atoms with Crippen LogP contribution < -0.4 is 0 Å². The zero-order chi connectivity index (χ0) is 20.5. The summed E-state index contributed by atoms with van der Waals surface area (Å²) < 4.78 is 5.81. The Morgan fingerprint density at radius 1 is 1.24 bits per heavy atom. The molecule has 0 aliphatic carbocycles. The van der Waals surface area contributed by atoms with Gasteiger partial charge in [0.05, 0.1) is 5.57 Å². The van der Waals surface area contributed by atoms with Crippen LogP contribution >= 0.6 is 35.0 Å². The lowest BCUT2D eigenvalue weighted by Gasteiger charge is -2.19. The molecule has 2 aromatic rings. The Hall–Kier alpha value is -2.35. The number of nitrogens with one attached hydrogen (secondary N) is 1. The van der Waals surface area contributed by atoms with Crippen molar-refractivity contribution in [3.8, 4) is 11.3 Å². The van der Waals surface area contributed by atoms with Gasteiger partial charge in [0.2, 0.25) is 5.17 Å². The van der Waals surface area contributed by atoms with E-state index in [-0.39, 0.29) is 11.4 Å². The molecule has 0 radical (unpaired) electrons. The first-order chi connectivity index (χ1) is 13.9. The first kappa shape index (κ1) is 19.9. The molecule has 0 bridgehead atoms. The molecule has 1 amide bonds. The Balaban J connectivity index is 1.61. The van der Waals surface area contributed by atoms with Gasteiger partial charge in [-0.3, -0.25) is 10.2 Å². The molecule has 29 heavy (non-hydrogen) atoms. The van der Waals surface area contributed by atoms with Crippen LogP contribution in [-0.4, -0.2) is 27.0 Å². The van der Waals surface area contributed by atoms with E-state index in [1.165, 1.54) is 22.8 Å². The summed E-state index contributed by atoms with van der Waals surface area (Å²) in [5.74, 6) is 0.480. The van der Waals surface area contributed by atoms with Crippen LogP contribution in [0.3, 0.4) is 0 Å². The standard InChI is InChI=1S/C20H16Cl2N4O2S/c1-2-3-4-17-25-26-18(23)15(19(27)24-20(26)29-17)10-14-5-6-16(28-14)11-7-12(21)9-13(22)8-11/h5-10,23H,2-4H2,1H3/b15-10+,23-18?. The van der Waals surface area contributed by atoms with Gasteiger partial charge in [-0.1, -0.05) is 36.5 Å². The highest BCUT2D eigenvalue weighted by atomic mass is 35.5. The number of hydrogen-bond acceptors (Lipinski definition) is 5. The summed E-state index contributed by atoms with van der Waals surface area (Å²) >= 11 is 13.4. The molecule has 9 heteroatoms. The predicted molar refractivity (Wildman–Crippen MR) is 119 cm³/mol. The number of hydrogen-bond donors (Lipinski definition) is 1. The topological polar surface area (TPSA) is 82.0 Å². The Bertz CT molecular complexity index is 1080. The molecule has 0 saturated heterocycles. The van der Waals surface area contributed by atoms with Crippen LogP contribution in [-0.2, 0) is 4.79 Å². The van der Waals surface area contributed by atoms with Crippen LogP contribution in [0.25, 0.3) is 17.4 Å². The molecule has 0 unspecified atom stereocenters. The number of unbranched alkanes of at least 4 members (excludes halogenated alkanes) is 1.